The van der Waals surface area contributed by atoms with Gasteiger partial charge in [0.2, 0.25) is 0 Å². The van der Waals surface area contributed by atoms with E-state index in [-0.39, 0.29) is 5.56 Å². The highest BCUT2D eigenvalue weighted by atomic mass is 16.1. The Morgan fingerprint density at radius 2 is 2.26 bits per heavy atom. The van der Waals surface area contributed by atoms with Crippen molar-refractivity contribution in [3.8, 4) is 0 Å². The lowest BCUT2D eigenvalue weighted by atomic mass is 10.0. The first kappa shape index (κ1) is 12.4. The molecule has 0 saturated carbocycles. The second-order valence-electron chi connectivity index (χ2n) is 5.66. The van der Waals surface area contributed by atoms with E-state index in [0.29, 0.717) is 5.39 Å². The van der Waals surface area contributed by atoms with Crippen molar-refractivity contribution in [1.29, 1.82) is 0 Å². The minimum Gasteiger partial charge on any atom is -0.328 e. The fraction of sp³-hybridized carbons (Fsp3) is 0.467. The number of piperidine rings is 1. The maximum Gasteiger partial charge on any atom is 0.258 e. The fourth-order valence-corrected chi connectivity index (χ4v) is 3.01. The molecule has 0 bridgehead atoms. The molecular formula is C15H20N3O+. The van der Waals surface area contributed by atoms with Gasteiger partial charge in [-0.1, -0.05) is 19.1 Å². The van der Waals surface area contributed by atoms with Crippen molar-refractivity contribution in [3.05, 3.63) is 40.4 Å². The lowest BCUT2D eigenvalue weighted by molar-refractivity contribution is -0.922. The van der Waals surface area contributed by atoms with Crippen LogP contribution in [-0.2, 0) is 6.54 Å². The van der Waals surface area contributed by atoms with Gasteiger partial charge in [0.05, 0.1) is 24.0 Å². The van der Waals surface area contributed by atoms with Gasteiger partial charge in [-0.15, -0.1) is 0 Å². The van der Waals surface area contributed by atoms with E-state index in [1.165, 1.54) is 30.8 Å². The third kappa shape index (κ3) is 2.68. The van der Waals surface area contributed by atoms with Crippen LogP contribution in [0.3, 0.4) is 0 Å². The number of rotatable bonds is 2. The summed E-state index contributed by atoms with van der Waals surface area (Å²) in [7, 11) is 0. The molecule has 1 aliphatic rings. The Balaban J connectivity index is 1.87. The topological polar surface area (TPSA) is 50.2 Å². The highest BCUT2D eigenvalue weighted by molar-refractivity contribution is 5.77. The Morgan fingerprint density at radius 3 is 3.11 bits per heavy atom. The van der Waals surface area contributed by atoms with Gasteiger partial charge in [-0.3, -0.25) is 4.79 Å². The number of aromatic nitrogens is 2. The summed E-state index contributed by atoms with van der Waals surface area (Å²) >= 11 is 0. The van der Waals surface area contributed by atoms with Crippen molar-refractivity contribution >= 4 is 10.9 Å². The van der Waals surface area contributed by atoms with Gasteiger partial charge in [-0.2, -0.15) is 0 Å². The maximum atomic E-state index is 12.0. The number of H-pyrrole nitrogens is 1. The van der Waals surface area contributed by atoms with Crippen molar-refractivity contribution in [2.45, 2.75) is 26.3 Å². The molecule has 1 aromatic carbocycles. The van der Waals surface area contributed by atoms with Crippen LogP contribution in [0.4, 0.5) is 0 Å². The summed E-state index contributed by atoms with van der Waals surface area (Å²) in [5.41, 5.74) is 0.774. The largest absolute Gasteiger partial charge is 0.328 e. The van der Waals surface area contributed by atoms with E-state index in [4.69, 9.17) is 0 Å². The summed E-state index contributed by atoms with van der Waals surface area (Å²) in [5.74, 6) is 1.59. The zero-order valence-electron chi connectivity index (χ0n) is 11.3. The molecule has 4 heteroatoms. The van der Waals surface area contributed by atoms with Gasteiger partial charge in [0.1, 0.15) is 6.54 Å². The van der Waals surface area contributed by atoms with Crippen molar-refractivity contribution in [2.24, 2.45) is 5.92 Å². The van der Waals surface area contributed by atoms with Gasteiger partial charge in [0.25, 0.3) is 5.56 Å². The predicted molar refractivity (Wildman–Crippen MR) is 75.2 cm³/mol. The second-order valence-corrected chi connectivity index (χ2v) is 5.66. The average molecular weight is 258 g/mol. The molecule has 1 aliphatic heterocycles. The van der Waals surface area contributed by atoms with Crippen LogP contribution < -0.4 is 10.5 Å². The van der Waals surface area contributed by atoms with E-state index in [1.807, 2.05) is 24.3 Å². The number of aromatic amines is 1. The van der Waals surface area contributed by atoms with Crippen LogP contribution in [0.25, 0.3) is 10.9 Å². The smallest absolute Gasteiger partial charge is 0.258 e. The van der Waals surface area contributed by atoms with Gasteiger partial charge < -0.3 is 9.88 Å². The van der Waals surface area contributed by atoms with E-state index < -0.39 is 0 Å². The summed E-state index contributed by atoms with van der Waals surface area (Å²) in [6.07, 6.45) is 2.60. The van der Waals surface area contributed by atoms with Crippen LogP contribution in [0.2, 0.25) is 0 Å². The molecule has 1 unspecified atom stereocenters. The summed E-state index contributed by atoms with van der Waals surface area (Å²) in [5, 5.41) is 0.674. The normalized spacial score (nSPS) is 23.6. The molecule has 2 aromatic rings. The molecule has 0 amide bonds. The maximum absolute atomic E-state index is 12.0. The SMILES string of the molecule is C[C@@H]1CCC[NH+](Cc2nc3ccccc3c(=O)[nH]2)C1. The van der Waals surface area contributed by atoms with Crippen LogP contribution in [0.5, 0.6) is 0 Å². The first-order valence-electron chi connectivity index (χ1n) is 7.04. The molecule has 1 aromatic heterocycles. The first-order valence-corrected chi connectivity index (χ1v) is 7.04. The zero-order chi connectivity index (χ0) is 13.2. The highest BCUT2D eigenvalue weighted by Crippen LogP contribution is 2.07. The van der Waals surface area contributed by atoms with Gasteiger partial charge in [0.15, 0.2) is 5.82 Å². The Hall–Kier alpha value is -1.68. The van der Waals surface area contributed by atoms with Gasteiger partial charge >= 0.3 is 0 Å². The number of para-hydroxylation sites is 1. The van der Waals surface area contributed by atoms with E-state index in [2.05, 4.69) is 16.9 Å². The van der Waals surface area contributed by atoms with Crippen LogP contribution in [0.1, 0.15) is 25.6 Å². The van der Waals surface area contributed by atoms with Crippen LogP contribution in [-0.4, -0.2) is 23.1 Å². The van der Waals surface area contributed by atoms with E-state index >= 15 is 0 Å². The molecule has 2 N–H and O–H groups in total. The fourth-order valence-electron chi connectivity index (χ4n) is 3.01. The van der Waals surface area contributed by atoms with Gasteiger partial charge in [0, 0.05) is 5.92 Å². The lowest BCUT2D eigenvalue weighted by Crippen LogP contribution is -3.12. The molecule has 100 valence electrons. The van der Waals surface area contributed by atoms with Crippen molar-refractivity contribution in [2.75, 3.05) is 13.1 Å². The Bertz CT molecular complexity index is 635. The third-order valence-corrected chi connectivity index (χ3v) is 3.94. The Morgan fingerprint density at radius 1 is 1.42 bits per heavy atom. The van der Waals surface area contributed by atoms with Crippen LogP contribution >= 0.6 is 0 Å². The summed E-state index contributed by atoms with van der Waals surface area (Å²) in [6, 6.07) is 7.52. The highest BCUT2D eigenvalue weighted by Gasteiger charge is 2.20. The number of hydrogen-bond acceptors (Lipinski definition) is 2. The average Bonchev–Trinajstić information content (AvgIpc) is 2.39. The number of likely N-dealkylation sites (tertiary alicyclic amines) is 1. The molecule has 4 nitrogen and oxygen atoms in total. The summed E-state index contributed by atoms with van der Waals surface area (Å²) in [6.45, 7) is 5.48. The quantitative estimate of drug-likeness (QED) is 0.834. The molecule has 1 saturated heterocycles. The first-order chi connectivity index (χ1) is 9.22. The van der Waals surface area contributed by atoms with Crippen molar-refractivity contribution in [3.63, 3.8) is 0 Å². The van der Waals surface area contributed by atoms with Crippen LogP contribution in [0.15, 0.2) is 29.1 Å². The number of nitrogens with one attached hydrogen (secondary N) is 2. The number of nitrogens with zero attached hydrogens (tertiary/aromatic N) is 1. The number of benzene rings is 1. The minimum atomic E-state index is -0.0231. The molecule has 0 aliphatic carbocycles. The number of hydrogen-bond donors (Lipinski definition) is 2. The number of quaternary nitrogens is 1. The molecule has 19 heavy (non-hydrogen) atoms. The van der Waals surface area contributed by atoms with Crippen molar-refractivity contribution in [1.82, 2.24) is 9.97 Å². The molecule has 0 radical (unpaired) electrons. The molecular weight excluding hydrogens is 238 g/mol. The molecule has 1 fully saturated rings. The predicted octanol–water partition coefficient (Wildman–Crippen LogP) is 0.738. The van der Waals surface area contributed by atoms with Gasteiger partial charge in [-0.05, 0) is 25.0 Å². The summed E-state index contributed by atoms with van der Waals surface area (Å²) in [4.78, 5) is 21.0. The molecule has 3 rings (SSSR count). The lowest BCUT2D eigenvalue weighted by Gasteiger charge is -2.27. The van der Waals surface area contributed by atoms with E-state index in [9.17, 15) is 4.79 Å². The standard InChI is InChI=1S/C15H19N3O/c1-11-5-4-8-18(9-11)10-14-16-13-7-3-2-6-12(13)15(19)17-14/h2-3,6-7,11H,4-5,8-10H2,1H3,(H,16,17,19)/p+1/t11-/m1/s1. The molecule has 0 spiro atoms. The third-order valence-electron chi connectivity index (χ3n) is 3.94. The van der Waals surface area contributed by atoms with Crippen LogP contribution in [0, 0.1) is 5.92 Å². The van der Waals surface area contributed by atoms with Crippen molar-refractivity contribution < 1.29 is 4.90 Å². The van der Waals surface area contributed by atoms with E-state index in [0.717, 1.165) is 23.8 Å². The summed E-state index contributed by atoms with van der Waals surface area (Å²) < 4.78 is 0. The molecule has 2 heterocycles. The second kappa shape index (κ2) is 5.13. The zero-order valence-corrected chi connectivity index (χ0v) is 11.3. The van der Waals surface area contributed by atoms with Gasteiger partial charge in [-0.25, -0.2) is 4.98 Å². The Labute approximate surface area is 112 Å². The van der Waals surface area contributed by atoms with E-state index in [1.54, 1.807) is 0 Å². The Kier molecular flexibility index (Phi) is 3.34. The monoisotopic (exact) mass is 258 g/mol. The minimum absolute atomic E-state index is 0.0231. The number of fused-ring (bicyclic) bond motifs is 1. The molecule has 2 atom stereocenters.